The minimum atomic E-state index is 0.227. The average molecular weight is 124 g/mol. The minimum absolute atomic E-state index is 0.227. The average Bonchev–Trinajstić information content (AvgIpc) is 1.98. The lowest BCUT2D eigenvalue weighted by Gasteiger charge is -2.08. The Balaban J connectivity index is 2.82. The molecule has 1 nitrogen and oxygen atoms in total. The van der Waals surface area contributed by atoms with Gasteiger partial charge in [0.2, 0.25) is 0 Å². The number of carbonyl (C=O) groups is 1. The standard InChI is InChI=1S/C8H12O/c1-5-4-8(9)7(3)6(5)2/h4,6-7H,1-3H3/t6-,7+/m1/s1. The third-order valence-electron chi connectivity index (χ3n) is 2.29. The molecule has 50 valence electrons. The van der Waals surface area contributed by atoms with E-state index in [0.29, 0.717) is 11.7 Å². The molecule has 0 heterocycles. The maximum atomic E-state index is 10.9. The Hall–Kier alpha value is -0.590. The normalized spacial score (nSPS) is 35.0. The summed E-state index contributed by atoms with van der Waals surface area (Å²) in [5.74, 6) is 0.988. The molecule has 2 atom stereocenters. The predicted octanol–water partition coefficient (Wildman–Crippen LogP) is 1.79. The van der Waals surface area contributed by atoms with Crippen molar-refractivity contribution in [2.75, 3.05) is 0 Å². The van der Waals surface area contributed by atoms with Crippen molar-refractivity contribution in [2.24, 2.45) is 11.8 Å². The first-order valence-electron chi connectivity index (χ1n) is 3.35. The Morgan fingerprint density at radius 3 is 2.00 bits per heavy atom. The van der Waals surface area contributed by atoms with Crippen molar-refractivity contribution in [1.29, 1.82) is 0 Å². The topological polar surface area (TPSA) is 17.1 Å². The van der Waals surface area contributed by atoms with Gasteiger partial charge in [-0.25, -0.2) is 0 Å². The van der Waals surface area contributed by atoms with Gasteiger partial charge < -0.3 is 0 Å². The maximum absolute atomic E-state index is 10.9. The van der Waals surface area contributed by atoms with E-state index in [9.17, 15) is 4.79 Å². The lowest BCUT2D eigenvalue weighted by molar-refractivity contribution is -0.117. The van der Waals surface area contributed by atoms with Crippen LogP contribution in [0.1, 0.15) is 20.8 Å². The molecule has 0 radical (unpaired) electrons. The highest BCUT2D eigenvalue weighted by Crippen LogP contribution is 2.27. The van der Waals surface area contributed by atoms with Crippen LogP contribution in [-0.2, 0) is 4.79 Å². The minimum Gasteiger partial charge on any atom is -0.295 e. The Morgan fingerprint density at radius 1 is 1.33 bits per heavy atom. The monoisotopic (exact) mass is 124 g/mol. The second-order valence-corrected chi connectivity index (χ2v) is 2.87. The molecule has 0 aliphatic heterocycles. The molecule has 1 heteroatoms. The lowest BCUT2D eigenvalue weighted by atomic mass is 9.95. The largest absolute Gasteiger partial charge is 0.295 e. The molecule has 0 unspecified atom stereocenters. The van der Waals surface area contributed by atoms with E-state index < -0.39 is 0 Å². The van der Waals surface area contributed by atoms with Crippen LogP contribution in [0.15, 0.2) is 11.6 Å². The molecule has 0 aromatic rings. The van der Waals surface area contributed by atoms with Crippen LogP contribution in [0.3, 0.4) is 0 Å². The number of hydrogen-bond donors (Lipinski definition) is 0. The highest BCUT2D eigenvalue weighted by atomic mass is 16.1. The van der Waals surface area contributed by atoms with Gasteiger partial charge in [0, 0.05) is 5.92 Å². The second kappa shape index (κ2) is 1.98. The van der Waals surface area contributed by atoms with Gasteiger partial charge >= 0.3 is 0 Å². The Morgan fingerprint density at radius 2 is 1.89 bits per heavy atom. The summed E-state index contributed by atoms with van der Waals surface area (Å²) in [5.41, 5.74) is 1.23. The van der Waals surface area contributed by atoms with E-state index in [1.165, 1.54) is 5.57 Å². The molecule has 0 aromatic carbocycles. The first-order valence-corrected chi connectivity index (χ1v) is 3.35. The lowest BCUT2D eigenvalue weighted by Crippen LogP contribution is -2.09. The molecule has 1 rings (SSSR count). The molecule has 9 heavy (non-hydrogen) atoms. The molecule has 0 spiro atoms. The van der Waals surface area contributed by atoms with E-state index in [1.54, 1.807) is 6.08 Å². The van der Waals surface area contributed by atoms with Crippen molar-refractivity contribution in [3.8, 4) is 0 Å². The molecule has 0 N–H and O–H groups in total. The van der Waals surface area contributed by atoms with Crippen LogP contribution in [-0.4, -0.2) is 5.78 Å². The first-order chi connectivity index (χ1) is 4.13. The first kappa shape index (κ1) is 6.53. The Kier molecular flexibility index (Phi) is 1.43. The molecule has 0 saturated carbocycles. The zero-order valence-electron chi connectivity index (χ0n) is 6.14. The van der Waals surface area contributed by atoms with E-state index >= 15 is 0 Å². The van der Waals surface area contributed by atoms with Gasteiger partial charge in [-0.05, 0) is 18.9 Å². The fourth-order valence-electron chi connectivity index (χ4n) is 1.13. The van der Waals surface area contributed by atoms with Crippen LogP contribution in [0.2, 0.25) is 0 Å². The summed E-state index contributed by atoms with van der Waals surface area (Å²) in [6, 6.07) is 0. The van der Waals surface area contributed by atoms with Crippen molar-refractivity contribution < 1.29 is 4.79 Å². The zero-order valence-corrected chi connectivity index (χ0v) is 6.14. The van der Waals surface area contributed by atoms with Crippen molar-refractivity contribution in [3.63, 3.8) is 0 Å². The van der Waals surface area contributed by atoms with Crippen LogP contribution in [0, 0.1) is 11.8 Å². The maximum Gasteiger partial charge on any atom is 0.159 e. The predicted molar refractivity (Wildman–Crippen MR) is 37.1 cm³/mol. The Labute approximate surface area is 55.8 Å². The van der Waals surface area contributed by atoms with Crippen molar-refractivity contribution in [1.82, 2.24) is 0 Å². The summed E-state index contributed by atoms with van der Waals surface area (Å²) in [5, 5.41) is 0. The van der Waals surface area contributed by atoms with E-state index in [2.05, 4.69) is 6.92 Å². The van der Waals surface area contributed by atoms with Crippen LogP contribution in [0.4, 0.5) is 0 Å². The number of rotatable bonds is 0. The van der Waals surface area contributed by atoms with Gasteiger partial charge in [0.15, 0.2) is 5.78 Å². The van der Waals surface area contributed by atoms with Gasteiger partial charge in [-0.15, -0.1) is 0 Å². The number of ketones is 1. The molecular formula is C8H12O. The summed E-state index contributed by atoms with van der Waals surface area (Å²) in [7, 11) is 0. The van der Waals surface area contributed by atoms with Crippen LogP contribution < -0.4 is 0 Å². The second-order valence-electron chi connectivity index (χ2n) is 2.87. The molecule has 0 saturated heterocycles. The van der Waals surface area contributed by atoms with Gasteiger partial charge in [-0.2, -0.15) is 0 Å². The Bertz CT molecular complexity index is 167. The number of carbonyl (C=O) groups excluding carboxylic acids is 1. The third kappa shape index (κ3) is 0.913. The third-order valence-corrected chi connectivity index (χ3v) is 2.29. The van der Waals surface area contributed by atoms with Gasteiger partial charge in [0.1, 0.15) is 0 Å². The van der Waals surface area contributed by atoms with E-state index in [-0.39, 0.29) is 5.92 Å². The molecule has 0 aromatic heterocycles. The fourth-order valence-corrected chi connectivity index (χ4v) is 1.13. The van der Waals surface area contributed by atoms with Crippen molar-refractivity contribution in [2.45, 2.75) is 20.8 Å². The highest BCUT2D eigenvalue weighted by molar-refractivity contribution is 5.95. The van der Waals surface area contributed by atoms with Crippen LogP contribution in [0.5, 0.6) is 0 Å². The zero-order chi connectivity index (χ0) is 7.02. The summed E-state index contributed by atoms with van der Waals surface area (Å²) >= 11 is 0. The summed E-state index contributed by atoms with van der Waals surface area (Å²) < 4.78 is 0. The SMILES string of the molecule is CC1=CC(=O)[C@@H](C)[C@@H]1C. The van der Waals surface area contributed by atoms with Crippen LogP contribution in [0.25, 0.3) is 0 Å². The quantitative estimate of drug-likeness (QED) is 0.481. The molecule has 1 aliphatic carbocycles. The molecule has 1 aliphatic rings. The molecular weight excluding hydrogens is 112 g/mol. The fraction of sp³-hybridized carbons (Fsp3) is 0.625. The summed E-state index contributed by atoms with van der Waals surface area (Å²) in [4.78, 5) is 10.9. The molecule has 0 bridgehead atoms. The van der Waals surface area contributed by atoms with Crippen LogP contribution >= 0.6 is 0 Å². The smallest absolute Gasteiger partial charge is 0.159 e. The van der Waals surface area contributed by atoms with Crippen molar-refractivity contribution >= 4 is 5.78 Å². The van der Waals surface area contributed by atoms with Gasteiger partial charge in [-0.1, -0.05) is 19.4 Å². The summed E-state index contributed by atoms with van der Waals surface area (Å²) in [6.07, 6.45) is 1.76. The highest BCUT2D eigenvalue weighted by Gasteiger charge is 2.25. The van der Waals surface area contributed by atoms with Gasteiger partial charge in [0.05, 0.1) is 0 Å². The van der Waals surface area contributed by atoms with Gasteiger partial charge in [-0.3, -0.25) is 4.79 Å². The van der Waals surface area contributed by atoms with Crippen molar-refractivity contribution in [3.05, 3.63) is 11.6 Å². The molecule has 0 amide bonds. The van der Waals surface area contributed by atoms with E-state index in [0.717, 1.165) is 0 Å². The van der Waals surface area contributed by atoms with Gasteiger partial charge in [0.25, 0.3) is 0 Å². The number of hydrogen-bond acceptors (Lipinski definition) is 1. The molecule has 0 fully saturated rings. The van der Waals surface area contributed by atoms with E-state index in [4.69, 9.17) is 0 Å². The van der Waals surface area contributed by atoms with E-state index in [1.807, 2.05) is 13.8 Å². The number of allylic oxidation sites excluding steroid dienone is 2. The summed E-state index contributed by atoms with van der Waals surface area (Å²) in [6.45, 7) is 6.10.